The summed E-state index contributed by atoms with van der Waals surface area (Å²) in [6.45, 7) is 0.668. The lowest BCUT2D eigenvalue weighted by Crippen LogP contribution is -2.48. The molecule has 18 heteroatoms. The van der Waals surface area contributed by atoms with Crippen LogP contribution in [0.1, 0.15) is 59.5 Å². The van der Waals surface area contributed by atoms with Gasteiger partial charge in [-0.2, -0.15) is 17.5 Å². The smallest absolute Gasteiger partial charge is 0.314 e. The van der Waals surface area contributed by atoms with Crippen molar-refractivity contribution in [1.29, 1.82) is 0 Å². The SMILES string of the molecule is O=C(c1cc(C2CC2)c(CN2C[C@@H]3C[C@H]2CN3S(=O)(=O)c2cc(Cl)cc(Cl)c2)cc1F)N(OC(=O)C(F)(F)F)S(=O)(=O)C1CC1. The Morgan fingerprint density at radius 2 is 1.58 bits per heavy atom. The molecular formula is C27H25Cl2F4N3O7S2. The molecule has 244 valence electrons. The predicted octanol–water partition coefficient (Wildman–Crippen LogP) is 4.61. The van der Waals surface area contributed by atoms with Gasteiger partial charge in [-0.25, -0.2) is 26.0 Å². The summed E-state index contributed by atoms with van der Waals surface area (Å²) in [6, 6.07) is 5.61. The zero-order valence-electron chi connectivity index (χ0n) is 23.1. The van der Waals surface area contributed by atoms with Gasteiger partial charge in [0.2, 0.25) is 10.0 Å². The predicted molar refractivity (Wildman–Crippen MR) is 152 cm³/mol. The summed E-state index contributed by atoms with van der Waals surface area (Å²) < 4.78 is 107. The first-order valence-corrected chi connectivity index (χ1v) is 17.6. The fraction of sp³-hybridized carbons (Fsp3) is 0.481. The maximum Gasteiger partial charge on any atom is 0.493 e. The van der Waals surface area contributed by atoms with Crippen molar-refractivity contribution in [2.24, 2.45) is 0 Å². The first-order chi connectivity index (χ1) is 21.0. The number of likely N-dealkylation sites (tertiary alicyclic amines) is 1. The summed E-state index contributed by atoms with van der Waals surface area (Å²) >= 11 is 12.0. The molecule has 45 heavy (non-hydrogen) atoms. The minimum absolute atomic E-state index is 0.0314. The van der Waals surface area contributed by atoms with Gasteiger partial charge in [0, 0.05) is 41.8 Å². The van der Waals surface area contributed by atoms with E-state index in [1.54, 1.807) is 0 Å². The van der Waals surface area contributed by atoms with Gasteiger partial charge in [0.15, 0.2) is 0 Å². The van der Waals surface area contributed by atoms with E-state index in [-0.39, 0.29) is 58.9 Å². The van der Waals surface area contributed by atoms with Gasteiger partial charge in [0.1, 0.15) is 5.82 Å². The molecule has 2 atom stereocenters. The summed E-state index contributed by atoms with van der Waals surface area (Å²) in [5.74, 6) is -5.99. The van der Waals surface area contributed by atoms with E-state index in [1.165, 1.54) is 22.5 Å². The molecule has 2 saturated heterocycles. The van der Waals surface area contributed by atoms with Gasteiger partial charge in [0.05, 0.1) is 15.7 Å². The lowest BCUT2D eigenvalue weighted by Gasteiger charge is -2.34. The summed E-state index contributed by atoms with van der Waals surface area (Å²) in [4.78, 5) is 30.7. The second kappa shape index (κ2) is 11.3. The summed E-state index contributed by atoms with van der Waals surface area (Å²) in [5, 5.41) is -0.886. The second-order valence-corrected chi connectivity index (χ2v) is 16.4. The number of hydroxylamine groups is 1. The fourth-order valence-corrected chi connectivity index (χ4v) is 9.77. The van der Waals surface area contributed by atoms with E-state index in [0.29, 0.717) is 36.9 Å². The third kappa shape index (κ3) is 6.29. The lowest BCUT2D eigenvalue weighted by molar-refractivity contribution is -0.217. The molecule has 4 fully saturated rings. The van der Waals surface area contributed by atoms with Crippen LogP contribution in [0.3, 0.4) is 0 Å². The number of hydrogen-bond acceptors (Lipinski definition) is 8. The van der Waals surface area contributed by atoms with Crippen LogP contribution in [0.4, 0.5) is 17.6 Å². The number of sulfonamides is 2. The van der Waals surface area contributed by atoms with Crippen LogP contribution in [0.15, 0.2) is 35.2 Å². The number of piperazine rings is 1. The normalized spacial score (nSPS) is 22.5. The third-order valence-electron chi connectivity index (χ3n) is 8.34. The van der Waals surface area contributed by atoms with Crippen LogP contribution < -0.4 is 0 Å². The molecule has 2 aromatic carbocycles. The highest BCUT2D eigenvalue weighted by atomic mass is 35.5. The van der Waals surface area contributed by atoms with Gasteiger partial charge in [-0.3, -0.25) is 9.69 Å². The number of nitrogens with zero attached hydrogens (tertiary/aromatic N) is 3. The molecule has 0 radical (unpaired) electrons. The minimum atomic E-state index is -5.61. The molecule has 4 aliphatic rings. The van der Waals surface area contributed by atoms with Crippen molar-refractivity contribution in [3.8, 4) is 0 Å². The number of benzene rings is 2. The Hall–Kier alpha value is -2.50. The standard InChI is InChI=1S/C27H25Cl2F4N3O7S2/c28-16-6-17(29)8-21(7-16)44(39,40)35-13-18-9-19(35)12-34(18)11-15-5-24(30)23(10-22(15)14-1-2-14)25(37)36(43-26(38)27(31,32)33)45(41,42)20-3-4-20/h5-8,10,14,18-20H,1-4,9,11-13H2/t18-,19-/m0/s1. The average molecular weight is 715 g/mol. The first-order valence-electron chi connectivity index (χ1n) is 13.9. The number of amides is 1. The Kier molecular flexibility index (Phi) is 8.17. The maximum absolute atomic E-state index is 15.5. The molecular weight excluding hydrogens is 689 g/mol. The molecule has 0 aromatic heterocycles. The summed E-state index contributed by atoms with van der Waals surface area (Å²) in [5.41, 5.74) is 0.130. The molecule has 2 aliphatic heterocycles. The topological polar surface area (TPSA) is 121 Å². The molecule has 0 N–H and O–H groups in total. The quantitative estimate of drug-likeness (QED) is 0.287. The Bertz CT molecular complexity index is 1780. The Labute approximate surface area is 265 Å². The van der Waals surface area contributed by atoms with Crippen LogP contribution in [0.5, 0.6) is 0 Å². The van der Waals surface area contributed by atoms with Crippen molar-refractivity contribution in [1.82, 2.24) is 13.7 Å². The minimum Gasteiger partial charge on any atom is -0.314 e. The van der Waals surface area contributed by atoms with Crippen LogP contribution in [-0.4, -0.2) is 79.0 Å². The molecule has 1 amide bonds. The monoisotopic (exact) mass is 713 g/mol. The van der Waals surface area contributed by atoms with E-state index in [0.717, 1.165) is 12.1 Å². The van der Waals surface area contributed by atoms with Gasteiger partial charge < -0.3 is 4.84 Å². The van der Waals surface area contributed by atoms with E-state index in [1.807, 2.05) is 4.90 Å². The molecule has 2 heterocycles. The molecule has 6 rings (SSSR count). The van der Waals surface area contributed by atoms with Crippen molar-refractivity contribution >= 4 is 55.1 Å². The molecule has 0 spiro atoms. The molecule has 2 aliphatic carbocycles. The molecule has 0 unspecified atom stereocenters. The lowest BCUT2D eigenvalue weighted by atomic mass is 9.98. The number of hydrogen-bond donors (Lipinski definition) is 0. The van der Waals surface area contributed by atoms with Crippen LogP contribution in [0, 0.1) is 5.82 Å². The molecule has 2 bridgehead atoms. The van der Waals surface area contributed by atoms with E-state index < -0.39 is 59.2 Å². The first kappa shape index (κ1) is 32.4. The van der Waals surface area contributed by atoms with Crippen molar-refractivity contribution < 1.29 is 48.8 Å². The largest absolute Gasteiger partial charge is 0.493 e. The maximum atomic E-state index is 15.5. The van der Waals surface area contributed by atoms with Crippen LogP contribution in [-0.2, 0) is 36.2 Å². The molecule has 2 aromatic rings. The second-order valence-electron chi connectivity index (χ2n) is 11.6. The van der Waals surface area contributed by atoms with E-state index in [9.17, 15) is 39.6 Å². The van der Waals surface area contributed by atoms with Crippen LogP contribution >= 0.6 is 23.2 Å². The molecule has 2 saturated carbocycles. The third-order valence-corrected chi connectivity index (χ3v) is 12.7. The number of alkyl halides is 3. The van der Waals surface area contributed by atoms with Gasteiger partial charge >= 0.3 is 18.1 Å². The van der Waals surface area contributed by atoms with E-state index in [4.69, 9.17) is 23.2 Å². The molecule has 10 nitrogen and oxygen atoms in total. The van der Waals surface area contributed by atoms with Gasteiger partial charge in [0.25, 0.3) is 10.0 Å². The van der Waals surface area contributed by atoms with Crippen molar-refractivity contribution in [2.45, 2.75) is 73.0 Å². The Balaban J connectivity index is 1.23. The number of halogens is 6. The zero-order valence-corrected chi connectivity index (χ0v) is 26.3. The Morgan fingerprint density at radius 3 is 2.11 bits per heavy atom. The zero-order chi connectivity index (χ0) is 32.6. The van der Waals surface area contributed by atoms with Crippen molar-refractivity contribution in [3.05, 3.63) is 62.9 Å². The fourth-order valence-electron chi connectivity index (χ4n) is 5.87. The average Bonchev–Trinajstić information content (AvgIpc) is 3.88. The van der Waals surface area contributed by atoms with Gasteiger partial charge in [-0.1, -0.05) is 27.7 Å². The van der Waals surface area contributed by atoms with Crippen molar-refractivity contribution in [2.75, 3.05) is 13.1 Å². The summed E-state index contributed by atoms with van der Waals surface area (Å²) in [6.07, 6.45) is -3.66. The number of carbonyl (C=O) groups is 2. The highest BCUT2D eigenvalue weighted by Crippen LogP contribution is 2.44. The Morgan fingerprint density at radius 1 is 0.933 bits per heavy atom. The van der Waals surface area contributed by atoms with Gasteiger partial charge in [-0.05, 0) is 79.5 Å². The highest BCUT2D eigenvalue weighted by Gasteiger charge is 2.51. The summed E-state index contributed by atoms with van der Waals surface area (Å²) in [7, 11) is -8.75. The van der Waals surface area contributed by atoms with Gasteiger partial charge in [-0.15, -0.1) is 0 Å². The number of carbonyl (C=O) groups excluding carboxylic acids is 2. The van der Waals surface area contributed by atoms with E-state index in [2.05, 4.69) is 4.84 Å². The van der Waals surface area contributed by atoms with Crippen molar-refractivity contribution in [3.63, 3.8) is 0 Å². The number of fused-ring (bicyclic) bond motifs is 2. The van der Waals surface area contributed by atoms with Crippen LogP contribution in [0.2, 0.25) is 10.0 Å². The number of rotatable bonds is 8. The van der Waals surface area contributed by atoms with E-state index >= 15 is 4.39 Å². The van der Waals surface area contributed by atoms with Crippen LogP contribution in [0.25, 0.3) is 0 Å². The highest BCUT2D eigenvalue weighted by molar-refractivity contribution is 7.90.